The highest BCUT2D eigenvalue weighted by atomic mass is 35.5. The van der Waals surface area contributed by atoms with Crippen molar-refractivity contribution in [3.63, 3.8) is 0 Å². The van der Waals surface area contributed by atoms with Gasteiger partial charge in [-0.2, -0.15) is 0 Å². The maximum atomic E-state index is 5.56. The van der Waals surface area contributed by atoms with Gasteiger partial charge in [0.25, 0.3) is 0 Å². The van der Waals surface area contributed by atoms with Gasteiger partial charge in [-0.25, -0.2) is 4.98 Å². The van der Waals surface area contributed by atoms with Gasteiger partial charge >= 0.3 is 0 Å². The number of aromatic nitrogens is 1. The number of hydrogen-bond acceptors (Lipinski definition) is 3. The Balaban J connectivity index is 0.00000112. The largest absolute Gasteiger partial charge is 0.384 e. The summed E-state index contributed by atoms with van der Waals surface area (Å²) >= 11 is 0. The van der Waals surface area contributed by atoms with Crippen LogP contribution in [0, 0.1) is 0 Å². The molecular formula is C11H19Cl2N3. The van der Waals surface area contributed by atoms with Gasteiger partial charge in [0.2, 0.25) is 0 Å². The van der Waals surface area contributed by atoms with E-state index in [9.17, 15) is 0 Å². The first-order chi connectivity index (χ1) is 6.86. The Kier molecular flexibility index (Phi) is 7.26. The highest BCUT2D eigenvalue weighted by molar-refractivity contribution is 5.85. The van der Waals surface area contributed by atoms with Crippen LogP contribution in [0.2, 0.25) is 0 Å². The maximum absolute atomic E-state index is 5.56. The zero-order valence-electron chi connectivity index (χ0n) is 9.26. The molecule has 0 aliphatic carbocycles. The molecule has 0 unspecified atom stereocenters. The van der Waals surface area contributed by atoms with Crippen molar-refractivity contribution in [1.82, 2.24) is 4.98 Å². The molecule has 0 atom stereocenters. The number of halogens is 2. The summed E-state index contributed by atoms with van der Waals surface area (Å²) in [4.78, 5) is 6.52. The summed E-state index contributed by atoms with van der Waals surface area (Å²) in [5.41, 5.74) is 6.77. The van der Waals surface area contributed by atoms with Crippen molar-refractivity contribution in [3.8, 4) is 0 Å². The molecule has 5 heteroatoms. The topological polar surface area (TPSA) is 42.1 Å². The van der Waals surface area contributed by atoms with Crippen LogP contribution in [-0.4, -0.2) is 18.1 Å². The second-order valence-electron chi connectivity index (χ2n) is 3.84. The van der Waals surface area contributed by atoms with Gasteiger partial charge in [-0.05, 0) is 25.0 Å². The third kappa shape index (κ3) is 4.06. The average molecular weight is 264 g/mol. The second kappa shape index (κ2) is 7.58. The fourth-order valence-electron chi connectivity index (χ4n) is 1.91. The van der Waals surface area contributed by atoms with Gasteiger partial charge in [-0.15, -0.1) is 24.8 Å². The van der Waals surface area contributed by atoms with Gasteiger partial charge < -0.3 is 10.6 Å². The van der Waals surface area contributed by atoms with E-state index in [-0.39, 0.29) is 24.8 Å². The van der Waals surface area contributed by atoms with Crippen molar-refractivity contribution in [2.24, 2.45) is 0 Å². The molecule has 1 aromatic rings. The number of nitrogens with zero attached hydrogens (tertiary/aromatic N) is 2. The van der Waals surface area contributed by atoms with Crippen LogP contribution in [0.15, 0.2) is 18.3 Å². The molecule has 1 saturated heterocycles. The maximum Gasteiger partial charge on any atom is 0.123 e. The molecule has 0 aromatic carbocycles. The van der Waals surface area contributed by atoms with Crippen LogP contribution in [0.1, 0.15) is 25.7 Å². The molecule has 16 heavy (non-hydrogen) atoms. The van der Waals surface area contributed by atoms with Crippen LogP contribution in [0.4, 0.5) is 11.5 Å². The molecular weight excluding hydrogens is 245 g/mol. The molecule has 1 aliphatic heterocycles. The van der Waals surface area contributed by atoms with Gasteiger partial charge in [-0.1, -0.05) is 12.8 Å². The molecule has 0 bridgehead atoms. The van der Waals surface area contributed by atoms with Gasteiger partial charge in [0, 0.05) is 13.1 Å². The van der Waals surface area contributed by atoms with Crippen LogP contribution in [0.5, 0.6) is 0 Å². The van der Waals surface area contributed by atoms with E-state index in [2.05, 4.69) is 16.0 Å². The van der Waals surface area contributed by atoms with Crippen molar-refractivity contribution in [3.05, 3.63) is 18.3 Å². The minimum Gasteiger partial charge on any atom is -0.384 e. The van der Waals surface area contributed by atoms with E-state index in [0.29, 0.717) is 5.82 Å². The van der Waals surface area contributed by atoms with Crippen molar-refractivity contribution in [2.45, 2.75) is 25.7 Å². The summed E-state index contributed by atoms with van der Waals surface area (Å²) in [6, 6.07) is 3.94. The van der Waals surface area contributed by atoms with E-state index in [1.165, 1.54) is 31.4 Å². The summed E-state index contributed by atoms with van der Waals surface area (Å²) in [7, 11) is 0. The standard InChI is InChI=1S/C11H17N3.2ClH/c12-11-6-5-10(9-13-11)14-7-3-1-2-4-8-14;;/h5-6,9H,1-4,7-8H2,(H2,12,13);2*1H. The normalized spacial score (nSPS) is 15.6. The van der Waals surface area contributed by atoms with Crippen molar-refractivity contribution < 1.29 is 0 Å². The predicted molar refractivity (Wildman–Crippen MR) is 73.8 cm³/mol. The Morgan fingerprint density at radius 2 is 1.62 bits per heavy atom. The van der Waals surface area contributed by atoms with Crippen molar-refractivity contribution >= 4 is 36.3 Å². The Labute approximate surface area is 109 Å². The zero-order chi connectivity index (χ0) is 9.80. The summed E-state index contributed by atoms with van der Waals surface area (Å²) in [5, 5.41) is 0. The third-order valence-corrected chi connectivity index (χ3v) is 2.74. The van der Waals surface area contributed by atoms with E-state index >= 15 is 0 Å². The number of nitrogen functional groups attached to an aromatic ring is 1. The smallest absolute Gasteiger partial charge is 0.123 e. The molecule has 1 fully saturated rings. The predicted octanol–water partition coefficient (Wildman–Crippen LogP) is 2.89. The number of hydrogen-bond donors (Lipinski definition) is 1. The molecule has 0 amide bonds. The zero-order valence-corrected chi connectivity index (χ0v) is 10.9. The minimum atomic E-state index is 0. The summed E-state index contributed by atoms with van der Waals surface area (Å²) in [5.74, 6) is 0.601. The fraction of sp³-hybridized carbons (Fsp3) is 0.545. The Morgan fingerprint density at radius 1 is 1.00 bits per heavy atom. The molecule has 1 aromatic heterocycles. The summed E-state index contributed by atoms with van der Waals surface area (Å²) in [6.07, 6.45) is 7.19. The first-order valence-electron chi connectivity index (χ1n) is 5.33. The second-order valence-corrected chi connectivity index (χ2v) is 3.84. The third-order valence-electron chi connectivity index (χ3n) is 2.74. The van der Waals surface area contributed by atoms with Crippen LogP contribution in [-0.2, 0) is 0 Å². The molecule has 0 spiro atoms. The fourth-order valence-corrected chi connectivity index (χ4v) is 1.91. The van der Waals surface area contributed by atoms with E-state index in [1.807, 2.05) is 12.3 Å². The lowest BCUT2D eigenvalue weighted by Gasteiger charge is -2.21. The average Bonchev–Trinajstić information content (AvgIpc) is 2.47. The molecule has 3 nitrogen and oxygen atoms in total. The minimum absolute atomic E-state index is 0. The highest BCUT2D eigenvalue weighted by Gasteiger charge is 2.09. The van der Waals surface area contributed by atoms with Crippen molar-refractivity contribution in [1.29, 1.82) is 0 Å². The molecule has 0 radical (unpaired) electrons. The molecule has 2 heterocycles. The van der Waals surface area contributed by atoms with E-state index < -0.39 is 0 Å². The quantitative estimate of drug-likeness (QED) is 0.848. The van der Waals surface area contributed by atoms with E-state index in [0.717, 1.165) is 13.1 Å². The molecule has 2 rings (SSSR count). The summed E-state index contributed by atoms with van der Waals surface area (Å²) < 4.78 is 0. The van der Waals surface area contributed by atoms with Crippen LogP contribution in [0.25, 0.3) is 0 Å². The van der Waals surface area contributed by atoms with Gasteiger partial charge in [-0.3, -0.25) is 0 Å². The van der Waals surface area contributed by atoms with E-state index in [1.54, 1.807) is 0 Å². The lowest BCUT2D eigenvalue weighted by Crippen LogP contribution is -2.23. The van der Waals surface area contributed by atoms with Gasteiger partial charge in [0.15, 0.2) is 0 Å². The number of nitrogens with two attached hydrogens (primary N) is 1. The Morgan fingerprint density at radius 3 is 2.12 bits per heavy atom. The first kappa shape index (κ1) is 15.3. The number of rotatable bonds is 1. The van der Waals surface area contributed by atoms with Gasteiger partial charge in [0.05, 0.1) is 11.9 Å². The van der Waals surface area contributed by atoms with Crippen LogP contribution >= 0.6 is 24.8 Å². The number of pyridine rings is 1. The van der Waals surface area contributed by atoms with E-state index in [4.69, 9.17) is 5.73 Å². The monoisotopic (exact) mass is 263 g/mol. The van der Waals surface area contributed by atoms with Crippen LogP contribution in [0.3, 0.4) is 0 Å². The SMILES string of the molecule is Cl.Cl.Nc1ccc(N2CCCCCC2)cn1. The molecule has 0 saturated carbocycles. The molecule has 92 valence electrons. The highest BCUT2D eigenvalue weighted by Crippen LogP contribution is 2.18. The number of anilines is 2. The Hall–Kier alpha value is -0.670. The van der Waals surface area contributed by atoms with Crippen LogP contribution < -0.4 is 10.6 Å². The Bertz CT molecular complexity index is 282. The molecule has 1 aliphatic rings. The van der Waals surface area contributed by atoms with Crippen molar-refractivity contribution in [2.75, 3.05) is 23.7 Å². The molecule has 2 N–H and O–H groups in total. The first-order valence-corrected chi connectivity index (χ1v) is 5.33. The lowest BCUT2D eigenvalue weighted by molar-refractivity contribution is 0.726. The summed E-state index contributed by atoms with van der Waals surface area (Å²) in [6.45, 7) is 2.32. The lowest BCUT2D eigenvalue weighted by atomic mass is 10.2. The van der Waals surface area contributed by atoms with Gasteiger partial charge in [0.1, 0.15) is 5.82 Å².